The highest BCUT2D eigenvalue weighted by molar-refractivity contribution is 8.26. The first-order chi connectivity index (χ1) is 13.4. The fraction of sp³-hybridized carbons (Fsp3) is 0.200. The Bertz CT molecular complexity index is 964. The Morgan fingerprint density at radius 1 is 1.29 bits per heavy atom. The summed E-state index contributed by atoms with van der Waals surface area (Å²) in [5.41, 5.74) is 1.61. The first-order valence-electron chi connectivity index (χ1n) is 8.43. The SMILES string of the molecule is CCN1C(=O)/C(=C/c2ccc(OC)c(COc3ccc(F)c(Cl)c3)c2)SC1=S. The largest absolute Gasteiger partial charge is 0.496 e. The van der Waals surface area contributed by atoms with Crippen LogP contribution in [0.2, 0.25) is 5.02 Å². The molecule has 0 atom stereocenters. The van der Waals surface area contributed by atoms with Crippen molar-refractivity contribution < 1.29 is 18.7 Å². The van der Waals surface area contributed by atoms with Crippen LogP contribution in [0.25, 0.3) is 6.08 Å². The van der Waals surface area contributed by atoms with Crippen LogP contribution in [0.3, 0.4) is 0 Å². The van der Waals surface area contributed by atoms with Crippen LogP contribution >= 0.6 is 35.6 Å². The molecular weight excluding hydrogens is 421 g/mol. The number of thioether (sulfide) groups is 1. The van der Waals surface area contributed by atoms with Gasteiger partial charge in [0.15, 0.2) is 0 Å². The summed E-state index contributed by atoms with van der Waals surface area (Å²) < 4.78 is 24.9. The Morgan fingerprint density at radius 3 is 2.71 bits per heavy atom. The molecule has 146 valence electrons. The van der Waals surface area contributed by atoms with Crippen molar-refractivity contribution in [3.05, 3.63) is 63.3 Å². The predicted octanol–water partition coefficient (Wildman–Crippen LogP) is 5.29. The lowest BCUT2D eigenvalue weighted by Gasteiger charge is -2.12. The topological polar surface area (TPSA) is 38.8 Å². The maximum atomic E-state index is 13.3. The van der Waals surface area contributed by atoms with Gasteiger partial charge in [-0.2, -0.15) is 0 Å². The summed E-state index contributed by atoms with van der Waals surface area (Å²) in [5, 5.41) is -0.00355. The molecule has 1 aliphatic rings. The normalized spacial score (nSPS) is 15.4. The van der Waals surface area contributed by atoms with E-state index in [4.69, 9.17) is 33.3 Å². The molecule has 1 heterocycles. The molecule has 1 aliphatic heterocycles. The van der Waals surface area contributed by atoms with Gasteiger partial charge in [0, 0.05) is 18.2 Å². The molecule has 1 amide bonds. The quantitative estimate of drug-likeness (QED) is 0.453. The van der Waals surface area contributed by atoms with E-state index in [1.165, 1.54) is 30.0 Å². The summed E-state index contributed by atoms with van der Waals surface area (Å²) in [6.45, 7) is 2.63. The summed E-state index contributed by atoms with van der Waals surface area (Å²) >= 11 is 12.3. The van der Waals surface area contributed by atoms with Gasteiger partial charge in [-0.3, -0.25) is 9.69 Å². The molecule has 4 nitrogen and oxygen atoms in total. The first kappa shape index (κ1) is 20.6. The highest BCUT2D eigenvalue weighted by Gasteiger charge is 2.30. The third-order valence-corrected chi connectivity index (χ3v) is 5.74. The van der Waals surface area contributed by atoms with Crippen molar-refractivity contribution in [3.8, 4) is 11.5 Å². The second-order valence-corrected chi connectivity index (χ2v) is 7.94. The highest BCUT2D eigenvalue weighted by atomic mass is 35.5. The van der Waals surface area contributed by atoms with Gasteiger partial charge in [0.1, 0.15) is 28.2 Å². The Kier molecular flexibility index (Phi) is 6.59. The molecule has 0 bridgehead atoms. The van der Waals surface area contributed by atoms with Crippen molar-refractivity contribution in [2.24, 2.45) is 0 Å². The van der Waals surface area contributed by atoms with E-state index in [1.807, 2.05) is 25.1 Å². The van der Waals surface area contributed by atoms with Crippen LogP contribution in [0, 0.1) is 5.82 Å². The minimum Gasteiger partial charge on any atom is -0.496 e. The maximum Gasteiger partial charge on any atom is 0.266 e. The molecule has 1 fully saturated rings. The third-order valence-electron chi connectivity index (χ3n) is 4.08. The zero-order valence-corrected chi connectivity index (χ0v) is 17.6. The Labute approximate surface area is 177 Å². The minimum absolute atomic E-state index is 0.00355. The van der Waals surface area contributed by atoms with Crippen LogP contribution < -0.4 is 9.47 Å². The standard InChI is InChI=1S/C20H17ClFNO3S2/c1-3-23-19(24)18(28-20(23)27)9-12-4-7-17(25-2)13(8-12)11-26-14-5-6-16(22)15(21)10-14/h4-10H,3,11H2,1-2H3/b18-9-. The Hall–Kier alpha value is -2.09. The summed E-state index contributed by atoms with van der Waals surface area (Å²) in [7, 11) is 1.57. The number of nitrogens with zero attached hydrogens (tertiary/aromatic N) is 1. The smallest absolute Gasteiger partial charge is 0.266 e. The van der Waals surface area contributed by atoms with E-state index in [-0.39, 0.29) is 17.5 Å². The van der Waals surface area contributed by atoms with E-state index in [0.717, 1.165) is 11.1 Å². The lowest BCUT2D eigenvalue weighted by molar-refractivity contribution is -0.121. The number of carbonyl (C=O) groups excluding carboxylic acids is 1. The number of likely N-dealkylation sites (N-methyl/N-ethyl adjacent to an activating group) is 1. The highest BCUT2D eigenvalue weighted by Crippen LogP contribution is 2.33. The lowest BCUT2D eigenvalue weighted by atomic mass is 10.1. The van der Waals surface area contributed by atoms with Gasteiger partial charge in [0.25, 0.3) is 5.91 Å². The van der Waals surface area contributed by atoms with E-state index in [2.05, 4.69) is 0 Å². The number of amides is 1. The van der Waals surface area contributed by atoms with E-state index < -0.39 is 5.82 Å². The summed E-state index contributed by atoms with van der Waals surface area (Å²) in [4.78, 5) is 14.5. The molecule has 0 unspecified atom stereocenters. The van der Waals surface area contributed by atoms with Crippen LogP contribution in [-0.4, -0.2) is 28.8 Å². The zero-order valence-electron chi connectivity index (χ0n) is 15.2. The molecule has 2 aromatic rings. The first-order valence-corrected chi connectivity index (χ1v) is 10.0. The maximum absolute atomic E-state index is 13.3. The number of ether oxygens (including phenoxy) is 2. The van der Waals surface area contributed by atoms with Crippen molar-refractivity contribution in [3.63, 3.8) is 0 Å². The van der Waals surface area contributed by atoms with Gasteiger partial charge >= 0.3 is 0 Å². The molecule has 0 spiro atoms. The van der Waals surface area contributed by atoms with Gasteiger partial charge in [-0.15, -0.1) is 0 Å². The van der Waals surface area contributed by atoms with Crippen molar-refractivity contribution in [2.45, 2.75) is 13.5 Å². The van der Waals surface area contributed by atoms with E-state index >= 15 is 0 Å². The number of rotatable bonds is 6. The van der Waals surface area contributed by atoms with E-state index in [9.17, 15) is 9.18 Å². The number of hydrogen-bond acceptors (Lipinski definition) is 5. The molecule has 2 aromatic carbocycles. The average Bonchev–Trinajstić information content (AvgIpc) is 2.95. The summed E-state index contributed by atoms with van der Waals surface area (Å²) in [6.07, 6.45) is 1.80. The fourth-order valence-corrected chi connectivity index (χ4v) is 4.21. The van der Waals surface area contributed by atoms with Crippen LogP contribution in [0.15, 0.2) is 41.3 Å². The number of thiocarbonyl (C=S) groups is 1. The average molecular weight is 438 g/mol. The second-order valence-electron chi connectivity index (χ2n) is 5.86. The van der Waals surface area contributed by atoms with Crippen LogP contribution in [0.1, 0.15) is 18.1 Å². The molecule has 0 N–H and O–H groups in total. The molecule has 28 heavy (non-hydrogen) atoms. The monoisotopic (exact) mass is 437 g/mol. The number of hydrogen-bond donors (Lipinski definition) is 0. The number of benzene rings is 2. The van der Waals surface area contributed by atoms with Crippen LogP contribution in [0.5, 0.6) is 11.5 Å². The lowest BCUT2D eigenvalue weighted by Crippen LogP contribution is -2.27. The Morgan fingerprint density at radius 2 is 2.07 bits per heavy atom. The molecule has 0 aliphatic carbocycles. The Balaban J connectivity index is 1.82. The molecule has 3 rings (SSSR count). The second kappa shape index (κ2) is 8.94. The zero-order chi connectivity index (χ0) is 20.3. The number of halogens is 2. The van der Waals surface area contributed by atoms with Gasteiger partial charge in [0.2, 0.25) is 0 Å². The van der Waals surface area contributed by atoms with E-state index in [1.54, 1.807) is 18.1 Å². The molecule has 0 radical (unpaired) electrons. The van der Waals surface area contributed by atoms with Gasteiger partial charge in [-0.1, -0.05) is 41.6 Å². The van der Waals surface area contributed by atoms with Gasteiger partial charge in [-0.05, 0) is 42.8 Å². The molecule has 0 saturated carbocycles. The minimum atomic E-state index is -0.502. The fourth-order valence-electron chi connectivity index (χ4n) is 2.65. The summed E-state index contributed by atoms with van der Waals surface area (Å²) in [5.74, 6) is 0.499. The van der Waals surface area contributed by atoms with Crippen molar-refractivity contribution in [1.82, 2.24) is 4.90 Å². The molecule has 0 aromatic heterocycles. The number of methoxy groups -OCH3 is 1. The third kappa shape index (κ3) is 4.48. The van der Waals surface area contributed by atoms with Crippen molar-refractivity contribution >= 4 is 51.9 Å². The van der Waals surface area contributed by atoms with Crippen LogP contribution in [0.4, 0.5) is 4.39 Å². The molecule has 8 heteroatoms. The predicted molar refractivity (Wildman–Crippen MR) is 114 cm³/mol. The van der Waals surface area contributed by atoms with Gasteiger partial charge < -0.3 is 9.47 Å². The van der Waals surface area contributed by atoms with Crippen LogP contribution in [-0.2, 0) is 11.4 Å². The van der Waals surface area contributed by atoms with Gasteiger partial charge in [0.05, 0.1) is 17.0 Å². The van der Waals surface area contributed by atoms with Crippen molar-refractivity contribution in [2.75, 3.05) is 13.7 Å². The van der Waals surface area contributed by atoms with E-state index in [0.29, 0.717) is 27.3 Å². The molecular formula is C20H17ClFNO3S2. The number of carbonyl (C=O) groups is 1. The summed E-state index contributed by atoms with van der Waals surface area (Å²) in [6, 6.07) is 9.72. The van der Waals surface area contributed by atoms with Crippen molar-refractivity contribution in [1.29, 1.82) is 0 Å². The molecule has 1 saturated heterocycles. The van der Waals surface area contributed by atoms with Gasteiger partial charge in [-0.25, -0.2) is 4.39 Å².